The van der Waals surface area contributed by atoms with Crippen LogP contribution in [0, 0.1) is 6.92 Å². The van der Waals surface area contributed by atoms with Crippen LogP contribution < -0.4 is 14.8 Å². The molecule has 7 nitrogen and oxygen atoms in total. The van der Waals surface area contributed by atoms with Crippen LogP contribution in [-0.4, -0.2) is 36.7 Å². The van der Waals surface area contributed by atoms with Gasteiger partial charge in [-0.15, -0.1) is 11.3 Å². The number of carbonyl (C=O) groups is 2. The number of amides is 1. The highest BCUT2D eigenvalue weighted by Gasteiger charge is 2.20. The Bertz CT molecular complexity index is 1110. The van der Waals surface area contributed by atoms with Crippen molar-refractivity contribution in [1.82, 2.24) is 4.98 Å². The van der Waals surface area contributed by atoms with E-state index in [1.54, 1.807) is 17.4 Å². The van der Waals surface area contributed by atoms with Gasteiger partial charge in [0.25, 0.3) is 5.91 Å². The van der Waals surface area contributed by atoms with Crippen molar-refractivity contribution in [2.24, 2.45) is 0 Å². The van der Waals surface area contributed by atoms with Gasteiger partial charge in [0, 0.05) is 16.6 Å². The average molecular weight is 445 g/mol. The van der Waals surface area contributed by atoms with Crippen molar-refractivity contribution in [3.05, 3.63) is 57.4 Å². The largest absolute Gasteiger partial charge is 0.486 e. The predicted molar refractivity (Wildman–Crippen MR) is 114 cm³/mol. The topological polar surface area (TPSA) is 86.8 Å². The van der Waals surface area contributed by atoms with Gasteiger partial charge in [0.15, 0.2) is 18.1 Å². The van der Waals surface area contributed by atoms with E-state index in [-0.39, 0.29) is 10.6 Å². The van der Waals surface area contributed by atoms with E-state index in [2.05, 4.69) is 10.3 Å². The second-order valence-electron chi connectivity index (χ2n) is 6.44. The van der Waals surface area contributed by atoms with E-state index in [9.17, 15) is 9.59 Å². The van der Waals surface area contributed by atoms with E-state index in [4.69, 9.17) is 25.8 Å². The molecule has 2 aromatic carbocycles. The Kier molecular flexibility index (Phi) is 5.87. The van der Waals surface area contributed by atoms with Crippen molar-refractivity contribution >= 4 is 40.5 Å². The molecule has 0 fully saturated rings. The number of aryl methyl sites for hydroxylation is 1. The maximum atomic E-state index is 12.3. The molecular weight excluding hydrogens is 428 g/mol. The molecule has 3 aromatic rings. The van der Waals surface area contributed by atoms with Crippen molar-refractivity contribution < 1.29 is 23.8 Å². The second kappa shape index (κ2) is 8.73. The molecule has 154 valence electrons. The van der Waals surface area contributed by atoms with Gasteiger partial charge >= 0.3 is 5.97 Å². The molecule has 4 rings (SSSR count). The highest BCUT2D eigenvalue weighted by Crippen LogP contribution is 2.38. The van der Waals surface area contributed by atoms with Crippen LogP contribution in [0.1, 0.15) is 15.4 Å². The number of fused-ring (bicyclic) bond motifs is 1. The molecular formula is C21H17ClN2O5S. The number of ether oxygens (including phenoxy) is 3. The fraction of sp³-hybridized carbons (Fsp3) is 0.190. The van der Waals surface area contributed by atoms with Crippen molar-refractivity contribution in [1.29, 1.82) is 0 Å². The maximum absolute atomic E-state index is 12.3. The molecule has 30 heavy (non-hydrogen) atoms. The lowest BCUT2D eigenvalue weighted by Gasteiger charge is -2.19. The zero-order valence-corrected chi connectivity index (χ0v) is 17.5. The Labute approximate surface area is 181 Å². The number of thiazole rings is 1. The summed E-state index contributed by atoms with van der Waals surface area (Å²) >= 11 is 7.69. The molecule has 1 aliphatic heterocycles. The lowest BCUT2D eigenvalue weighted by Crippen LogP contribution is -2.21. The highest BCUT2D eigenvalue weighted by atomic mass is 35.5. The Morgan fingerprint density at radius 3 is 2.87 bits per heavy atom. The van der Waals surface area contributed by atoms with Crippen molar-refractivity contribution in [3.63, 3.8) is 0 Å². The number of nitrogens with one attached hydrogen (secondary N) is 1. The highest BCUT2D eigenvalue weighted by molar-refractivity contribution is 7.09. The number of benzene rings is 2. The van der Waals surface area contributed by atoms with Gasteiger partial charge in [-0.1, -0.05) is 23.7 Å². The van der Waals surface area contributed by atoms with Crippen LogP contribution in [0.4, 0.5) is 5.69 Å². The van der Waals surface area contributed by atoms with Gasteiger partial charge in [0.1, 0.15) is 13.2 Å². The number of hydrogen-bond donors (Lipinski definition) is 1. The fourth-order valence-corrected chi connectivity index (χ4v) is 3.78. The first kappa shape index (κ1) is 20.2. The van der Waals surface area contributed by atoms with E-state index in [1.165, 1.54) is 12.1 Å². The third-order valence-electron chi connectivity index (χ3n) is 4.23. The fourth-order valence-electron chi connectivity index (χ4n) is 2.89. The van der Waals surface area contributed by atoms with E-state index in [0.717, 1.165) is 16.3 Å². The summed E-state index contributed by atoms with van der Waals surface area (Å²) < 4.78 is 16.0. The molecule has 0 aliphatic carbocycles. The first-order valence-electron chi connectivity index (χ1n) is 9.08. The molecule has 0 radical (unpaired) electrons. The van der Waals surface area contributed by atoms with Crippen LogP contribution in [-0.2, 0) is 9.53 Å². The van der Waals surface area contributed by atoms with Gasteiger partial charge in [0.2, 0.25) is 0 Å². The Balaban J connectivity index is 1.37. The minimum Gasteiger partial charge on any atom is -0.486 e. The van der Waals surface area contributed by atoms with E-state index >= 15 is 0 Å². The van der Waals surface area contributed by atoms with Gasteiger partial charge in [-0.2, -0.15) is 0 Å². The maximum Gasteiger partial charge on any atom is 0.338 e. The number of nitrogens with zero attached hydrogens (tertiary/aromatic N) is 1. The molecule has 9 heteroatoms. The molecule has 1 amide bonds. The molecule has 2 heterocycles. The normalized spacial score (nSPS) is 12.3. The summed E-state index contributed by atoms with van der Waals surface area (Å²) in [5, 5.41) is 5.88. The lowest BCUT2D eigenvalue weighted by molar-refractivity contribution is -0.119. The van der Waals surface area contributed by atoms with E-state index in [1.807, 2.05) is 30.5 Å². The SMILES string of the molecule is Cc1nc(-c2cccc(NC(=O)COC(=O)c3cc(Cl)c4c(c3)OCCO4)c2)cs1. The zero-order chi connectivity index (χ0) is 21.1. The van der Waals surface area contributed by atoms with Gasteiger partial charge in [0.05, 0.1) is 21.3 Å². The van der Waals surface area contributed by atoms with Crippen LogP contribution in [0.3, 0.4) is 0 Å². The van der Waals surface area contributed by atoms with Crippen LogP contribution in [0.25, 0.3) is 11.3 Å². The number of halogens is 1. The number of carbonyl (C=O) groups excluding carboxylic acids is 2. The standard InChI is InChI=1S/C21H17ClN2O5S/c1-12-23-17(11-30-12)13-3-2-4-15(7-13)24-19(25)10-29-21(26)14-8-16(22)20-18(9-14)27-5-6-28-20/h2-4,7-9,11H,5-6,10H2,1H3,(H,24,25). The third-order valence-corrected chi connectivity index (χ3v) is 5.28. The number of hydrogen-bond acceptors (Lipinski definition) is 7. The minimum atomic E-state index is -0.685. The average Bonchev–Trinajstić information content (AvgIpc) is 3.18. The number of aromatic nitrogens is 1. The van der Waals surface area contributed by atoms with Gasteiger partial charge in [-0.25, -0.2) is 9.78 Å². The summed E-state index contributed by atoms with van der Waals surface area (Å²) in [5.41, 5.74) is 2.50. The molecule has 0 saturated carbocycles. The van der Waals surface area contributed by atoms with E-state index in [0.29, 0.717) is 30.4 Å². The first-order valence-corrected chi connectivity index (χ1v) is 10.3. The van der Waals surface area contributed by atoms with Crippen molar-refractivity contribution in [2.45, 2.75) is 6.92 Å². The lowest BCUT2D eigenvalue weighted by atomic mass is 10.1. The van der Waals surface area contributed by atoms with Gasteiger partial charge in [-0.3, -0.25) is 4.79 Å². The number of rotatable bonds is 5. The quantitative estimate of drug-likeness (QED) is 0.589. The molecule has 1 N–H and O–H groups in total. The summed E-state index contributed by atoms with van der Waals surface area (Å²) in [6.07, 6.45) is 0. The summed E-state index contributed by atoms with van der Waals surface area (Å²) in [6, 6.07) is 10.2. The predicted octanol–water partition coefficient (Wildman–Crippen LogP) is 4.34. The molecule has 0 atom stereocenters. The molecule has 0 saturated heterocycles. The minimum absolute atomic E-state index is 0.179. The molecule has 1 aromatic heterocycles. The zero-order valence-electron chi connectivity index (χ0n) is 15.9. The summed E-state index contributed by atoms with van der Waals surface area (Å²) in [4.78, 5) is 29.0. The first-order chi connectivity index (χ1) is 14.5. The van der Waals surface area contributed by atoms with Crippen LogP contribution in [0.5, 0.6) is 11.5 Å². The third kappa shape index (κ3) is 4.55. The van der Waals surface area contributed by atoms with Crippen LogP contribution >= 0.6 is 22.9 Å². The van der Waals surface area contributed by atoms with E-state index < -0.39 is 18.5 Å². The van der Waals surface area contributed by atoms with Crippen LogP contribution in [0.15, 0.2) is 41.8 Å². The summed E-state index contributed by atoms with van der Waals surface area (Å²) in [7, 11) is 0. The molecule has 0 unspecified atom stereocenters. The summed E-state index contributed by atoms with van der Waals surface area (Å²) in [6.45, 7) is 2.25. The Hall–Kier alpha value is -3.10. The smallest absolute Gasteiger partial charge is 0.338 e. The molecule has 0 spiro atoms. The molecule has 1 aliphatic rings. The van der Waals surface area contributed by atoms with Gasteiger partial charge < -0.3 is 19.5 Å². The number of anilines is 1. The number of esters is 1. The van der Waals surface area contributed by atoms with Crippen LogP contribution in [0.2, 0.25) is 5.02 Å². The van der Waals surface area contributed by atoms with Crippen molar-refractivity contribution in [2.75, 3.05) is 25.1 Å². The Morgan fingerprint density at radius 1 is 1.23 bits per heavy atom. The van der Waals surface area contributed by atoms with Gasteiger partial charge in [-0.05, 0) is 31.2 Å². The second-order valence-corrected chi connectivity index (χ2v) is 7.91. The summed E-state index contributed by atoms with van der Waals surface area (Å²) in [5.74, 6) is -0.374. The van der Waals surface area contributed by atoms with Crippen molar-refractivity contribution in [3.8, 4) is 22.8 Å². The molecule has 0 bridgehead atoms. The monoisotopic (exact) mass is 444 g/mol. The Morgan fingerprint density at radius 2 is 2.07 bits per heavy atom.